The van der Waals surface area contributed by atoms with Gasteiger partial charge in [-0.05, 0) is 29.8 Å². The van der Waals surface area contributed by atoms with Gasteiger partial charge in [-0.15, -0.1) is 0 Å². The van der Waals surface area contributed by atoms with Gasteiger partial charge >= 0.3 is 11.9 Å². The Labute approximate surface area is 152 Å². The fourth-order valence-electron chi connectivity index (χ4n) is 2.70. The minimum Gasteiger partial charge on any atom is -0.497 e. The highest BCUT2D eigenvalue weighted by Gasteiger charge is 2.33. The molecule has 0 fully saturated rings. The van der Waals surface area contributed by atoms with Crippen molar-refractivity contribution in [1.29, 1.82) is 0 Å². The van der Waals surface area contributed by atoms with Crippen molar-refractivity contribution in [3.8, 4) is 17.2 Å². The van der Waals surface area contributed by atoms with E-state index in [-0.39, 0.29) is 12.5 Å². The maximum Gasteiger partial charge on any atom is 0.359 e. The average Bonchev–Trinajstić information content (AvgIpc) is 3.02. The second-order valence-corrected chi connectivity index (χ2v) is 5.72. The molecule has 2 N–H and O–H groups in total. The van der Waals surface area contributed by atoms with Crippen LogP contribution >= 0.6 is 0 Å². The minimum atomic E-state index is -0.00389. The van der Waals surface area contributed by atoms with Gasteiger partial charge in [-0.1, -0.05) is 12.1 Å². The van der Waals surface area contributed by atoms with Crippen LogP contribution in [0.1, 0.15) is 5.56 Å². The number of rotatable bonds is 6. The van der Waals surface area contributed by atoms with E-state index in [4.69, 9.17) is 14.2 Å². The van der Waals surface area contributed by atoms with Crippen LogP contribution in [-0.4, -0.2) is 44.6 Å². The van der Waals surface area contributed by atoms with Crippen molar-refractivity contribution in [3.05, 3.63) is 48.0 Å². The molecule has 3 rings (SSSR count). The summed E-state index contributed by atoms with van der Waals surface area (Å²) in [5, 5.41) is 3.24. The molecule has 1 aliphatic rings. The maximum atomic E-state index is 12.3. The van der Waals surface area contributed by atoms with E-state index in [1.165, 1.54) is 0 Å². The first-order valence-corrected chi connectivity index (χ1v) is 8.17. The zero-order valence-electron chi connectivity index (χ0n) is 15.0. The van der Waals surface area contributed by atoms with E-state index >= 15 is 0 Å². The predicted molar refractivity (Wildman–Crippen MR) is 97.5 cm³/mol. The Morgan fingerprint density at radius 3 is 2.35 bits per heavy atom. The van der Waals surface area contributed by atoms with Gasteiger partial charge in [-0.25, -0.2) is 5.32 Å². The normalized spacial score (nSPS) is 13.4. The quantitative estimate of drug-likeness (QED) is 0.793. The van der Waals surface area contributed by atoms with Crippen molar-refractivity contribution in [2.24, 2.45) is 0 Å². The molecule has 0 saturated heterocycles. The van der Waals surface area contributed by atoms with E-state index in [9.17, 15) is 4.79 Å². The van der Waals surface area contributed by atoms with Crippen LogP contribution in [0.15, 0.2) is 42.5 Å². The summed E-state index contributed by atoms with van der Waals surface area (Å²) in [4.78, 5) is 17.1. The van der Waals surface area contributed by atoms with Crippen molar-refractivity contribution in [1.82, 2.24) is 4.90 Å². The molecule has 1 heterocycles. The Kier molecular flexibility index (Phi) is 5.26. The number of ether oxygens (including phenoxy) is 3. The molecule has 0 atom stereocenters. The van der Waals surface area contributed by atoms with Crippen LogP contribution in [0.5, 0.6) is 17.2 Å². The monoisotopic (exact) mass is 356 g/mol. The number of carbonyl (C=O) groups excluding carboxylic acids is 1. The van der Waals surface area contributed by atoms with Gasteiger partial charge in [-0.3, -0.25) is 9.79 Å². The van der Waals surface area contributed by atoms with E-state index in [0.29, 0.717) is 24.0 Å². The summed E-state index contributed by atoms with van der Waals surface area (Å²) >= 11 is 0. The molecule has 1 aliphatic heterocycles. The predicted octanol–water partition coefficient (Wildman–Crippen LogP) is 0.603. The summed E-state index contributed by atoms with van der Waals surface area (Å²) in [6.45, 7) is 0.702. The van der Waals surface area contributed by atoms with Crippen molar-refractivity contribution in [2.45, 2.75) is 6.54 Å². The first-order valence-electron chi connectivity index (χ1n) is 8.17. The highest BCUT2D eigenvalue weighted by atomic mass is 16.5. The summed E-state index contributed by atoms with van der Waals surface area (Å²) < 4.78 is 15.8. The summed E-state index contributed by atoms with van der Waals surface area (Å²) in [5.41, 5.74) is 1.74. The molecule has 0 aromatic heterocycles. The number of nitrogens with zero attached hydrogens (tertiary/aromatic N) is 1. The van der Waals surface area contributed by atoms with Crippen molar-refractivity contribution in [3.63, 3.8) is 0 Å². The Hall–Kier alpha value is -3.22. The molecule has 0 radical (unpaired) electrons. The molecule has 1 amide bonds. The van der Waals surface area contributed by atoms with Gasteiger partial charge in [0.05, 0.1) is 21.3 Å². The van der Waals surface area contributed by atoms with Crippen molar-refractivity contribution in [2.75, 3.05) is 33.2 Å². The molecule has 0 bridgehead atoms. The minimum absolute atomic E-state index is 0.00389. The number of methoxy groups -OCH3 is 3. The number of guanidine groups is 1. The number of benzene rings is 2. The maximum absolute atomic E-state index is 12.3. The fourth-order valence-corrected chi connectivity index (χ4v) is 2.70. The number of hydrogen-bond acceptors (Lipinski definition) is 5. The summed E-state index contributed by atoms with van der Waals surface area (Å²) in [5.74, 6) is 2.72. The fraction of sp³-hybridized carbons (Fsp3) is 0.263. The molecule has 136 valence electrons. The van der Waals surface area contributed by atoms with Crippen LogP contribution in [0.25, 0.3) is 0 Å². The molecule has 7 heteroatoms. The molecule has 2 aromatic carbocycles. The van der Waals surface area contributed by atoms with Crippen LogP contribution < -0.4 is 24.5 Å². The Bertz CT molecular complexity index is 818. The molecule has 0 aliphatic carbocycles. The van der Waals surface area contributed by atoms with E-state index in [1.807, 2.05) is 36.4 Å². The average molecular weight is 356 g/mol. The molecule has 0 saturated carbocycles. The molecule has 0 unspecified atom stereocenters. The lowest BCUT2D eigenvalue weighted by molar-refractivity contribution is -0.438. The molecule has 7 nitrogen and oxygen atoms in total. The number of carbonyl (C=O) groups is 1. The lowest BCUT2D eigenvalue weighted by Crippen LogP contribution is -2.72. The Morgan fingerprint density at radius 2 is 1.69 bits per heavy atom. The van der Waals surface area contributed by atoms with Gasteiger partial charge in [0.15, 0.2) is 12.3 Å². The van der Waals surface area contributed by atoms with Crippen LogP contribution in [0.2, 0.25) is 0 Å². The van der Waals surface area contributed by atoms with E-state index in [1.54, 1.807) is 32.3 Å². The zero-order chi connectivity index (χ0) is 18.5. The topological polar surface area (TPSA) is 74.0 Å². The van der Waals surface area contributed by atoms with E-state index in [2.05, 4.69) is 10.3 Å². The van der Waals surface area contributed by atoms with Gasteiger partial charge in [0, 0.05) is 6.07 Å². The van der Waals surface area contributed by atoms with Gasteiger partial charge in [0.1, 0.15) is 23.7 Å². The zero-order valence-corrected chi connectivity index (χ0v) is 15.0. The van der Waals surface area contributed by atoms with Crippen molar-refractivity contribution >= 4 is 17.6 Å². The van der Waals surface area contributed by atoms with E-state index in [0.717, 1.165) is 17.0 Å². The standard InChI is InChI=1S/C19H21N3O4/c1-24-14-6-4-13(5-7-14)12-22-18(23)11-20-19(22)21-16-9-8-15(25-2)10-17(16)26-3/h4-10H,11-12H2,1-3H3,(H,20,21)/p+1. The third-order valence-corrected chi connectivity index (χ3v) is 4.14. The number of amides is 1. The van der Waals surface area contributed by atoms with Crippen molar-refractivity contribution < 1.29 is 24.0 Å². The first kappa shape index (κ1) is 17.6. The SMILES string of the molecule is COc1ccc(CN2C(=O)C[NH+]=C2Nc2ccc(OC)cc2OC)cc1. The van der Waals surface area contributed by atoms with E-state index < -0.39 is 0 Å². The van der Waals surface area contributed by atoms with Crippen LogP contribution in [0.4, 0.5) is 5.69 Å². The number of hydrogen-bond donors (Lipinski definition) is 2. The second kappa shape index (κ2) is 7.77. The van der Waals surface area contributed by atoms with Gasteiger partial charge in [-0.2, -0.15) is 4.90 Å². The second-order valence-electron chi connectivity index (χ2n) is 5.72. The first-order chi connectivity index (χ1) is 12.6. The summed E-state index contributed by atoms with van der Waals surface area (Å²) in [7, 11) is 4.82. The van der Waals surface area contributed by atoms with Crippen LogP contribution in [0.3, 0.4) is 0 Å². The van der Waals surface area contributed by atoms with Crippen LogP contribution in [0, 0.1) is 0 Å². The molecular formula is C19H22N3O4+. The lowest BCUT2D eigenvalue weighted by Gasteiger charge is -2.14. The highest BCUT2D eigenvalue weighted by Crippen LogP contribution is 2.29. The lowest BCUT2D eigenvalue weighted by atomic mass is 10.2. The van der Waals surface area contributed by atoms with Crippen LogP contribution in [-0.2, 0) is 11.3 Å². The highest BCUT2D eigenvalue weighted by molar-refractivity contribution is 6.04. The van der Waals surface area contributed by atoms with Gasteiger partial charge in [0.25, 0.3) is 0 Å². The van der Waals surface area contributed by atoms with Gasteiger partial charge < -0.3 is 14.2 Å². The molecule has 2 aromatic rings. The third kappa shape index (κ3) is 3.72. The Balaban J connectivity index is 1.77. The molecular weight excluding hydrogens is 334 g/mol. The molecule has 0 spiro atoms. The molecule has 26 heavy (non-hydrogen) atoms. The number of anilines is 1. The summed E-state index contributed by atoms with van der Waals surface area (Å²) in [6, 6.07) is 13.1. The summed E-state index contributed by atoms with van der Waals surface area (Å²) in [6.07, 6.45) is 0. The number of nitrogens with one attached hydrogen (secondary N) is 2. The Morgan fingerprint density at radius 1 is 1.00 bits per heavy atom. The smallest absolute Gasteiger partial charge is 0.359 e. The third-order valence-electron chi connectivity index (χ3n) is 4.14. The largest absolute Gasteiger partial charge is 0.497 e. The van der Waals surface area contributed by atoms with Gasteiger partial charge in [0.2, 0.25) is 0 Å².